The number of para-hydroxylation sites is 4. The first-order valence-corrected chi connectivity index (χ1v) is 15.8. The molecule has 0 saturated heterocycles. The largest absolute Gasteiger partial charge is 0.456 e. The van der Waals surface area contributed by atoms with Gasteiger partial charge in [0.05, 0.1) is 16.7 Å². The smallest absolute Gasteiger partial charge is 0.135 e. The monoisotopic (exact) mass is 602 g/mol. The van der Waals surface area contributed by atoms with Crippen molar-refractivity contribution in [2.45, 2.75) is 0 Å². The summed E-state index contributed by atoms with van der Waals surface area (Å²) in [6.07, 6.45) is 0. The first-order valence-electron chi connectivity index (χ1n) is 15.8. The van der Waals surface area contributed by atoms with Gasteiger partial charge in [-0.2, -0.15) is 4.80 Å². The molecule has 5 heteroatoms. The molecule has 0 bridgehead atoms. The van der Waals surface area contributed by atoms with Gasteiger partial charge in [0, 0.05) is 32.8 Å². The van der Waals surface area contributed by atoms with Crippen LogP contribution in [0.1, 0.15) is 0 Å². The first kappa shape index (κ1) is 25.8. The minimum absolute atomic E-state index is 0.838. The molecule has 0 saturated carbocycles. The van der Waals surface area contributed by atoms with Gasteiger partial charge in [-0.15, -0.1) is 10.2 Å². The highest BCUT2D eigenvalue weighted by atomic mass is 16.3. The van der Waals surface area contributed by atoms with E-state index >= 15 is 0 Å². The molecule has 47 heavy (non-hydrogen) atoms. The Morgan fingerprint density at radius 1 is 0.426 bits per heavy atom. The van der Waals surface area contributed by atoms with Crippen molar-refractivity contribution in [3.05, 3.63) is 158 Å². The van der Waals surface area contributed by atoms with E-state index in [1.54, 1.807) is 4.80 Å². The Balaban J connectivity index is 1.23. The Bertz CT molecular complexity index is 2790. The summed E-state index contributed by atoms with van der Waals surface area (Å²) in [5.74, 6) is 0. The van der Waals surface area contributed by atoms with Crippen LogP contribution in [0.2, 0.25) is 0 Å². The van der Waals surface area contributed by atoms with Crippen LogP contribution in [0.3, 0.4) is 0 Å². The fraction of sp³-hybridized carbons (Fsp3) is 0. The number of hydrogen-bond acceptors (Lipinski definition) is 3. The molecule has 0 fully saturated rings. The molecular weight excluding hydrogens is 576 g/mol. The average Bonchev–Trinajstić information content (AvgIpc) is 3.83. The molecular formula is C42H26N4O. The second-order valence-electron chi connectivity index (χ2n) is 11.9. The zero-order valence-corrected chi connectivity index (χ0v) is 25.2. The van der Waals surface area contributed by atoms with E-state index in [1.807, 2.05) is 42.5 Å². The Labute approximate surface area is 269 Å². The van der Waals surface area contributed by atoms with Crippen molar-refractivity contribution in [3.63, 3.8) is 0 Å². The fourth-order valence-electron chi connectivity index (χ4n) is 6.98. The third-order valence-corrected chi connectivity index (χ3v) is 9.18. The maximum Gasteiger partial charge on any atom is 0.135 e. The van der Waals surface area contributed by atoms with Gasteiger partial charge in [-0.1, -0.05) is 84.9 Å². The van der Waals surface area contributed by atoms with Crippen molar-refractivity contribution in [3.8, 4) is 33.6 Å². The van der Waals surface area contributed by atoms with Gasteiger partial charge in [0.2, 0.25) is 0 Å². The zero-order chi connectivity index (χ0) is 30.9. The third-order valence-electron chi connectivity index (χ3n) is 9.18. The van der Waals surface area contributed by atoms with Crippen LogP contribution in [0.15, 0.2) is 162 Å². The second-order valence-corrected chi connectivity index (χ2v) is 11.9. The molecule has 0 N–H and O–H groups in total. The lowest BCUT2D eigenvalue weighted by Gasteiger charge is -2.10. The molecule has 0 aliphatic carbocycles. The minimum Gasteiger partial charge on any atom is -0.456 e. The Morgan fingerprint density at radius 3 is 1.94 bits per heavy atom. The Kier molecular flexibility index (Phi) is 5.51. The lowest BCUT2D eigenvalue weighted by atomic mass is 9.95. The quantitative estimate of drug-likeness (QED) is 0.201. The molecule has 0 radical (unpaired) electrons. The predicted octanol–water partition coefficient (Wildman–Crippen LogP) is 10.8. The molecule has 0 aliphatic heterocycles. The van der Waals surface area contributed by atoms with Crippen LogP contribution in [0.4, 0.5) is 0 Å². The highest BCUT2D eigenvalue weighted by Crippen LogP contribution is 2.39. The van der Waals surface area contributed by atoms with Gasteiger partial charge in [-0.05, 0) is 89.5 Å². The number of hydrogen-bond donors (Lipinski definition) is 0. The van der Waals surface area contributed by atoms with Crippen LogP contribution in [-0.4, -0.2) is 19.6 Å². The molecule has 5 nitrogen and oxygen atoms in total. The van der Waals surface area contributed by atoms with Crippen LogP contribution in [-0.2, 0) is 0 Å². The van der Waals surface area contributed by atoms with Crippen molar-refractivity contribution in [1.82, 2.24) is 19.6 Å². The lowest BCUT2D eigenvalue weighted by molar-refractivity contribution is 0.669. The molecule has 0 amide bonds. The molecule has 10 rings (SSSR count). The molecule has 10 aromatic rings. The van der Waals surface area contributed by atoms with E-state index in [-0.39, 0.29) is 0 Å². The van der Waals surface area contributed by atoms with Crippen LogP contribution in [0.5, 0.6) is 0 Å². The Hall–Kier alpha value is -6.46. The molecule has 0 unspecified atom stereocenters. The topological polar surface area (TPSA) is 48.8 Å². The van der Waals surface area contributed by atoms with Crippen molar-refractivity contribution >= 4 is 54.8 Å². The molecule has 0 atom stereocenters. The summed E-state index contributed by atoms with van der Waals surface area (Å²) in [4.78, 5) is 1.74. The van der Waals surface area contributed by atoms with Crippen LogP contribution in [0.25, 0.3) is 88.4 Å². The summed E-state index contributed by atoms with van der Waals surface area (Å²) in [6.45, 7) is 0. The van der Waals surface area contributed by atoms with E-state index in [0.717, 1.165) is 66.6 Å². The maximum absolute atomic E-state index is 6.14. The van der Waals surface area contributed by atoms with Crippen LogP contribution < -0.4 is 0 Å². The summed E-state index contributed by atoms with van der Waals surface area (Å²) in [6, 6.07) is 55.1. The second kappa shape index (κ2) is 10.0. The number of rotatable bonds is 4. The van der Waals surface area contributed by atoms with E-state index in [1.165, 1.54) is 21.8 Å². The molecule has 7 aromatic carbocycles. The number of aromatic nitrogens is 4. The number of nitrogens with zero attached hydrogens (tertiary/aromatic N) is 4. The van der Waals surface area contributed by atoms with Crippen molar-refractivity contribution < 1.29 is 4.42 Å². The summed E-state index contributed by atoms with van der Waals surface area (Å²) in [7, 11) is 0. The van der Waals surface area contributed by atoms with Gasteiger partial charge in [-0.3, -0.25) is 0 Å². The van der Waals surface area contributed by atoms with Crippen molar-refractivity contribution in [2.75, 3.05) is 0 Å². The summed E-state index contributed by atoms with van der Waals surface area (Å²) < 4.78 is 8.49. The SMILES string of the molecule is c1ccc(-n2nc3cc(-c4ccc5oc6ccccc6c5c4)cc(-c4ccc5c(c4)c4ccccc4n5-c4ccccc4)c3n2)cc1. The van der Waals surface area contributed by atoms with E-state index < -0.39 is 0 Å². The van der Waals surface area contributed by atoms with Crippen molar-refractivity contribution in [1.29, 1.82) is 0 Å². The van der Waals surface area contributed by atoms with E-state index in [9.17, 15) is 0 Å². The highest BCUT2D eigenvalue weighted by Gasteiger charge is 2.18. The molecule has 220 valence electrons. The normalized spacial score (nSPS) is 11.8. The summed E-state index contributed by atoms with van der Waals surface area (Å²) in [5, 5.41) is 14.7. The predicted molar refractivity (Wildman–Crippen MR) is 191 cm³/mol. The molecule has 0 aliphatic rings. The molecule has 3 heterocycles. The third kappa shape index (κ3) is 4.03. The Morgan fingerprint density at radius 2 is 1.09 bits per heavy atom. The van der Waals surface area contributed by atoms with Gasteiger partial charge in [0.25, 0.3) is 0 Å². The van der Waals surface area contributed by atoms with Crippen molar-refractivity contribution in [2.24, 2.45) is 0 Å². The van der Waals surface area contributed by atoms with Crippen LogP contribution in [0, 0.1) is 0 Å². The van der Waals surface area contributed by atoms with E-state index in [0.29, 0.717) is 0 Å². The first-order chi connectivity index (χ1) is 23.3. The molecule has 0 spiro atoms. The van der Waals surface area contributed by atoms with E-state index in [2.05, 4.69) is 120 Å². The fourth-order valence-corrected chi connectivity index (χ4v) is 6.98. The summed E-state index contributed by atoms with van der Waals surface area (Å²) in [5.41, 5.74) is 12.2. The lowest BCUT2D eigenvalue weighted by Crippen LogP contribution is -1.97. The average molecular weight is 603 g/mol. The van der Waals surface area contributed by atoms with E-state index in [4.69, 9.17) is 14.6 Å². The maximum atomic E-state index is 6.14. The standard InChI is InChI=1S/C42H26N4O/c1-3-11-30(12-4-1)45-38-17-9-7-15-32(38)35-24-28(19-21-39(35)45)34-25-29(26-37-42(34)44-46(43-37)31-13-5-2-6-14-31)27-20-22-41-36(23-27)33-16-8-10-18-40(33)47-41/h1-26H. The highest BCUT2D eigenvalue weighted by molar-refractivity contribution is 6.11. The minimum atomic E-state index is 0.838. The van der Waals surface area contributed by atoms with Gasteiger partial charge in [0.15, 0.2) is 0 Å². The number of benzene rings is 7. The van der Waals surface area contributed by atoms with Gasteiger partial charge in [-0.25, -0.2) is 0 Å². The van der Waals surface area contributed by atoms with Gasteiger partial charge in [0.1, 0.15) is 22.2 Å². The number of furan rings is 1. The van der Waals surface area contributed by atoms with Gasteiger partial charge < -0.3 is 8.98 Å². The van der Waals surface area contributed by atoms with Gasteiger partial charge >= 0.3 is 0 Å². The van der Waals surface area contributed by atoms with Crippen LogP contribution >= 0.6 is 0 Å². The molecule has 3 aromatic heterocycles. The number of fused-ring (bicyclic) bond motifs is 7. The summed E-state index contributed by atoms with van der Waals surface area (Å²) >= 11 is 0. The zero-order valence-electron chi connectivity index (χ0n) is 25.2.